The van der Waals surface area contributed by atoms with Gasteiger partial charge in [0, 0.05) is 34.6 Å². The Kier molecular flexibility index (Phi) is 5.66. The normalized spacial score (nSPS) is 16.5. The van der Waals surface area contributed by atoms with Crippen molar-refractivity contribution in [3.63, 3.8) is 0 Å². The highest BCUT2D eigenvalue weighted by molar-refractivity contribution is 8.03. The lowest BCUT2D eigenvalue weighted by Crippen LogP contribution is -2.20. The van der Waals surface area contributed by atoms with Crippen LogP contribution in [-0.2, 0) is 0 Å². The van der Waals surface area contributed by atoms with Gasteiger partial charge >= 0.3 is 0 Å². The number of anilines is 2. The van der Waals surface area contributed by atoms with Crippen molar-refractivity contribution in [1.29, 1.82) is 0 Å². The summed E-state index contributed by atoms with van der Waals surface area (Å²) in [5.74, 6) is 1.73. The summed E-state index contributed by atoms with van der Waals surface area (Å²) < 4.78 is 0. The maximum atomic E-state index is 12.7. The average Bonchev–Trinajstić information content (AvgIpc) is 3.34. The zero-order chi connectivity index (χ0) is 21.3. The van der Waals surface area contributed by atoms with Crippen LogP contribution < -0.4 is 5.32 Å². The van der Waals surface area contributed by atoms with Gasteiger partial charge in [-0.1, -0.05) is 39.8 Å². The fourth-order valence-electron chi connectivity index (χ4n) is 3.30. The number of aromatic nitrogens is 3. The van der Waals surface area contributed by atoms with Crippen molar-refractivity contribution in [3.05, 3.63) is 52.7 Å². The highest BCUT2D eigenvalue weighted by atomic mass is 32.2. The Balaban J connectivity index is 1.52. The van der Waals surface area contributed by atoms with E-state index in [9.17, 15) is 4.79 Å². The van der Waals surface area contributed by atoms with E-state index >= 15 is 0 Å². The molecule has 3 heterocycles. The minimum Gasteiger partial charge on any atom is -0.344 e. The molecule has 0 amide bonds. The molecule has 2 aromatic heterocycles. The number of carbonyl (C=O) groups excluding carboxylic acids is 1. The highest BCUT2D eigenvalue weighted by Crippen LogP contribution is 2.29. The third-order valence-corrected chi connectivity index (χ3v) is 6.19. The van der Waals surface area contributed by atoms with Gasteiger partial charge in [0.25, 0.3) is 0 Å². The van der Waals surface area contributed by atoms with Crippen molar-refractivity contribution in [3.8, 4) is 0 Å². The molecule has 2 N–H and O–H groups in total. The van der Waals surface area contributed by atoms with Gasteiger partial charge in [0.1, 0.15) is 11.3 Å². The second-order valence-electron chi connectivity index (χ2n) is 8.51. The predicted octanol–water partition coefficient (Wildman–Crippen LogP) is 5.30. The molecule has 4 rings (SSSR count). The molecule has 1 aliphatic heterocycles. The monoisotopic (exact) mass is 421 g/mol. The molecule has 0 atom stereocenters. The molecule has 0 bridgehead atoms. The van der Waals surface area contributed by atoms with Crippen LogP contribution in [0.1, 0.15) is 43.6 Å². The number of carbonyl (C=O) groups is 1. The second kappa shape index (κ2) is 8.24. The van der Waals surface area contributed by atoms with E-state index in [1.165, 1.54) is 10.5 Å². The topological polar surface area (TPSA) is 73.9 Å². The van der Waals surface area contributed by atoms with E-state index in [0.29, 0.717) is 22.5 Å². The second-order valence-corrected chi connectivity index (χ2v) is 9.58. The predicted molar refractivity (Wildman–Crippen MR) is 125 cm³/mol. The first-order chi connectivity index (χ1) is 14.3. The fourth-order valence-corrected chi connectivity index (χ4v) is 4.42. The lowest BCUT2D eigenvalue weighted by Gasteiger charge is -2.15. The molecule has 3 aromatic rings. The Morgan fingerprint density at radius 3 is 2.73 bits per heavy atom. The summed E-state index contributed by atoms with van der Waals surface area (Å²) in [6.07, 6.45) is 5.62. The van der Waals surface area contributed by atoms with Crippen molar-refractivity contribution in [2.24, 2.45) is 5.41 Å². The summed E-state index contributed by atoms with van der Waals surface area (Å²) in [4.78, 5) is 28.6. The first-order valence-electron chi connectivity index (χ1n) is 10.2. The van der Waals surface area contributed by atoms with E-state index in [4.69, 9.17) is 0 Å². The molecular formula is C23H27N5OS. The van der Waals surface area contributed by atoms with E-state index in [0.717, 1.165) is 24.7 Å². The SMILES string of the molecule is CCN1CSC(=Cc2ccc(Nc3cnc4[nH]cc(C(=O)C(C)(C)C)c4n3)cc2)C1. The third-order valence-electron chi connectivity index (χ3n) is 5.08. The van der Waals surface area contributed by atoms with Gasteiger partial charge in [-0.25, -0.2) is 9.97 Å². The van der Waals surface area contributed by atoms with Crippen molar-refractivity contribution < 1.29 is 4.79 Å². The summed E-state index contributed by atoms with van der Waals surface area (Å²) in [6.45, 7) is 10.0. The summed E-state index contributed by atoms with van der Waals surface area (Å²) in [6, 6.07) is 8.27. The number of ketones is 1. The number of H-pyrrole nitrogens is 1. The standard InChI is InChI=1S/C23H27N5OS/c1-5-28-13-17(30-14-28)10-15-6-8-16(9-7-15)26-19-12-25-22-20(27-19)18(11-24-22)21(29)23(2,3)4/h6-12H,5,13-14H2,1-4H3,(H,24,25)(H,26,27). The molecule has 0 unspecified atom stereocenters. The molecule has 1 fully saturated rings. The Labute approximate surface area is 181 Å². The van der Waals surface area contributed by atoms with Gasteiger partial charge in [-0.2, -0.15) is 0 Å². The van der Waals surface area contributed by atoms with Gasteiger partial charge in [-0.15, -0.1) is 11.8 Å². The molecule has 7 heteroatoms. The molecule has 1 aromatic carbocycles. The quantitative estimate of drug-likeness (QED) is 0.545. The molecule has 0 radical (unpaired) electrons. The smallest absolute Gasteiger partial charge is 0.171 e. The molecule has 0 saturated carbocycles. The van der Waals surface area contributed by atoms with Crippen LogP contribution in [0.3, 0.4) is 0 Å². The van der Waals surface area contributed by atoms with Crippen LogP contribution in [-0.4, -0.2) is 44.6 Å². The zero-order valence-corrected chi connectivity index (χ0v) is 18.6. The third kappa shape index (κ3) is 4.42. The average molecular weight is 422 g/mol. The number of nitrogens with zero attached hydrogens (tertiary/aromatic N) is 3. The van der Waals surface area contributed by atoms with Crippen LogP contribution in [0.2, 0.25) is 0 Å². The minimum atomic E-state index is -0.476. The number of Topliss-reactive ketones (excluding diaryl/α,β-unsaturated/α-hetero) is 1. The molecule has 1 saturated heterocycles. The maximum absolute atomic E-state index is 12.7. The highest BCUT2D eigenvalue weighted by Gasteiger charge is 2.26. The van der Waals surface area contributed by atoms with Crippen LogP contribution in [0.5, 0.6) is 0 Å². The maximum Gasteiger partial charge on any atom is 0.171 e. The van der Waals surface area contributed by atoms with E-state index < -0.39 is 5.41 Å². The van der Waals surface area contributed by atoms with Crippen LogP contribution >= 0.6 is 11.8 Å². The van der Waals surface area contributed by atoms with E-state index in [-0.39, 0.29) is 5.78 Å². The molecule has 6 nitrogen and oxygen atoms in total. The number of nitrogens with one attached hydrogen (secondary N) is 2. The van der Waals surface area contributed by atoms with Gasteiger partial charge in [0.05, 0.1) is 11.8 Å². The Morgan fingerprint density at radius 2 is 2.07 bits per heavy atom. The van der Waals surface area contributed by atoms with Gasteiger partial charge < -0.3 is 10.3 Å². The van der Waals surface area contributed by atoms with Crippen molar-refractivity contribution in [1.82, 2.24) is 19.9 Å². The molecular weight excluding hydrogens is 394 g/mol. The number of hydrogen-bond acceptors (Lipinski definition) is 6. The van der Waals surface area contributed by atoms with E-state index in [1.54, 1.807) is 12.4 Å². The largest absolute Gasteiger partial charge is 0.344 e. The van der Waals surface area contributed by atoms with Crippen molar-refractivity contribution >= 4 is 46.3 Å². The number of hydrogen-bond donors (Lipinski definition) is 2. The number of likely N-dealkylation sites (N-methyl/N-ethyl adjacent to an activating group) is 1. The van der Waals surface area contributed by atoms with Gasteiger partial charge in [-0.3, -0.25) is 9.69 Å². The van der Waals surface area contributed by atoms with Crippen molar-refractivity contribution in [2.75, 3.05) is 24.3 Å². The number of benzene rings is 1. The lowest BCUT2D eigenvalue weighted by molar-refractivity contribution is 0.0860. The summed E-state index contributed by atoms with van der Waals surface area (Å²) in [7, 11) is 0. The Bertz CT molecular complexity index is 1090. The number of aromatic amines is 1. The zero-order valence-electron chi connectivity index (χ0n) is 17.8. The van der Waals surface area contributed by atoms with Crippen LogP contribution in [0.25, 0.3) is 17.2 Å². The summed E-state index contributed by atoms with van der Waals surface area (Å²) in [5, 5.41) is 3.29. The molecule has 156 valence electrons. The summed E-state index contributed by atoms with van der Waals surface area (Å²) >= 11 is 1.91. The first-order valence-corrected chi connectivity index (χ1v) is 11.1. The fraction of sp³-hybridized carbons (Fsp3) is 0.348. The van der Waals surface area contributed by atoms with Gasteiger partial charge in [0.15, 0.2) is 11.4 Å². The van der Waals surface area contributed by atoms with Crippen molar-refractivity contribution in [2.45, 2.75) is 27.7 Å². The molecule has 1 aliphatic rings. The minimum absolute atomic E-state index is 0.0454. The Hall–Kier alpha value is -2.64. The number of rotatable bonds is 5. The first kappa shape index (κ1) is 20.6. The molecule has 30 heavy (non-hydrogen) atoms. The van der Waals surface area contributed by atoms with E-state index in [1.807, 2.05) is 44.7 Å². The molecule has 0 spiro atoms. The number of fused-ring (bicyclic) bond motifs is 1. The van der Waals surface area contributed by atoms with Crippen LogP contribution in [0.15, 0.2) is 41.6 Å². The Morgan fingerprint density at radius 1 is 1.30 bits per heavy atom. The summed E-state index contributed by atoms with van der Waals surface area (Å²) in [5.41, 5.74) is 3.43. The lowest BCUT2D eigenvalue weighted by atomic mass is 9.87. The van der Waals surface area contributed by atoms with Crippen LogP contribution in [0, 0.1) is 5.41 Å². The van der Waals surface area contributed by atoms with E-state index in [2.05, 4.69) is 50.3 Å². The number of thioether (sulfide) groups is 1. The van der Waals surface area contributed by atoms with Gasteiger partial charge in [-0.05, 0) is 30.3 Å². The molecule has 0 aliphatic carbocycles. The van der Waals surface area contributed by atoms with Gasteiger partial charge in [0.2, 0.25) is 0 Å². The van der Waals surface area contributed by atoms with Crippen LogP contribution in [0.4, 0.5) is 11.5 Å².